The van der Waals surface area contributed by atoms with E-state index in [0.29, 0.717) is 31.9 Å². The average molecular weight is 364 g/mol. The lowest BCUT2D eigenvalue weighted by atomic mass is 9.87. The highest BCUT2D eigenvalue weighted by molar-refractivity contribution is 6.07. The molecule has 1 unspecified atom stereocenters. The number of aliphatic imine (C=N–C) groups is 1. The molecular weight excluding hydrogens is 330 g/mol. The molecule has 0 radical (unpaired) electrons. The van der Waals surface area contributed by atoms with Crippen LogP contribution in [0.4, 0.5) is 0 Å². The predicted octanol–water partition coefficient (Wildman–Crippen LogP) is 1.05. The van der Waals surface area contributed by atoms with E-state index in [1.165, 1.54) is 12.8 Å². The third-order valence-corrected chi connectivity index (χ3v) is 6.24. The number of guanidine groups is 1. The van der Waals surface area contributed by atoms with Gasteiger partial charge in [-0.2, -0.15) is 0 Å². The minimum absolute atomic E-state index is 0.00121. The van der Waals surface area contributed by atoms with Gasteiger partial charge in [0.05, 0.1) is 6.04 Å². The van der Waals surface area contributed by atoms with Gasteiger partial charge in [0, 0.05) is 26.2 Å². The number of piperidine rings is 1. The quantitative estimate of drug-likeness (QED) is 0.814. The highest BCUT2D eigenvalue weighted by atomic mass is 16.2. The summed E-state index contributed by atoms with van der Waals surface area (Å²) in [5, 5.41) is 2.96. The summed E-state index contributed by atoms with van der Waals surface area (Å²) in [7, 11) is 2.06. The second-order valence-electron chi connectivity index (χ2n) is 7.76. The summed E-state index contributed by atoms with van der Waals surface area (Å²) in [6.07, 6.45) is 5.68. The second kappa shape index (κ2) is 7.94. The van der Waals surface area contributed by atoms with Crippen LogP contribution in [0.1, 0.15) is 52.4 Å². The lowest BCUT2D eigenvalue weighted by molar-refractivity contribution is -0.140. The smallest absolute Gasteiger partial charge is 0.254 e. The maximum absolute atomic E-state index is 13.0. The summed E-state index contributed by atoms with van der Waals surface area (Å²) in [6, 6.07) is -0.00121. The molecule has 3 aliphatic rings. The Balaban J connectivity index is 1.65. The van der Waals surface area contributed by atoms with Crippen molar-refractivity contribution in [3.05, 3.63) is 0 Å². The average Bonchev–Trinajstić information content (AvgIpc) is 2.81. The SMILES string of the molecule is CCN(CC)C1=NC2(CCN(C(=O)C3CCCCCN3C)CC2)C(=O)N1. The number of likely N-dealkylation sites (tertiary alicyclic amines) is 2. The van der Waals surface area contributed by atoms with Crippen LogP contribution in [0.3, 0.4) is 0 Å². The van der Waals surface area contributed by atoms with E-state index in [0.717, 1.165) is 32.5 Å². The molecular formula is C19H33N5O2. The third kappa shape index (κ3) is 3.59. The predicted molar refractivity (Wildman–Crippen MR) is 102 cm³/mol. The number of nitrogens with zero attached hydrogens (tertiary/aromatic N) is 4. The molecule has 2 fully saturated rings. The van der Waals surface area contributed by atoms with Gasteiger partial charge in [0.25, 0.3) is 5.91 Å². The van der Waals surface area contributed by atoms with Gasteiger partial charge in [-0.05, 0) is 53.1 Å². The topological polar surface area (TPSA) is 68.2 Å². The van der Waals surface area contributed by atoms with E-state index in [-0.39, 0.29) is 17.9 Å². The van der Waals surface area contributed by atoms with Gasteiger partial charge in [0.2, 0.25) is 11.9 Å². The Kier molecular flexibility index (Phi) is 5.85. The second-order valence-corrected chi connectivity index (χ2v) is 7.76. The number of carbonyl (C=O) groups excluding carboxylic acids is 2. The number of hydrogen-bond donors (Lipinski definition) is 1. The molecule has 0 aromatic heterocycles. The molecule has 0 aromatic rings. The molecule has 1 atom stereocenters. The number of nitrogens with one attached hydrogen (secondary N) is 1. The van der Waals surface area contributed by atoms with Crippen LogP contribution in [0.25, 0.3) is 0 Å². The molecule has 7 heteroatoms. The zero-order chi connectivity index (χ0) is 18.7. The Morgan fingerprint density at radius 3 is 2.54 bits per heavy atom. The van der Waals surface area contributed by atoms with Gasteiger partial charge in [-0.3, -0.25) is 19.8 Å². The first kappa shape index (κ1) is 19.1. The highest BCUT2D eigenvalue weighted by Crippen LogP contribution is 2.31. The molecule has 2 amide bonds. The van der Waals surface area contributed by atoms with Crippen LogP contribution in [0.5, 0.6) is 0 Å². The number of carbonyl (C=O) groups is 2. The molecule has 0 saturated carbocycles. The Bertz CT molecular complexity index is 564. The van der Waals surface area contributed by atoms with Crippen LogP contribution in [0, 0.1) is 0 Å². The number of hydrogen-bond acceptors (Lipinski definition) is 5. The number of rotatable bonds is 3. The van der Waals surface area contributed by atoms with Gasteiger partial charge >= 0.3 is 0 Å². The van der Waals surface area contributed by atoms with Gasteiger partial charge < -0.3 is 9.80 Å². The largest absolute Gasteiger partial charge is 0.343 e. The summed E-state index contributed by atoms with van der Waals surface area (Å²) in [5.74, 6) is 0.928. The van der Waals surface area contributed by atoms with E-state index >= 15 is 0 Å². The summed E-state index contributed by atoms with van der Waals surface area (Å²) < 4.78 is 0. The van der Waals surface area contributed by atoms with Gasteiger partial charge in [-0.1, -0.05) is 12.8 Å². The van der Waals surface area contributed by atoms with E-state index in [4.69, 9.17) is 4.99 Å². The fourth-order valence-electron chi connectivity index (χ4n) is 4.38. The fourth-order valence-corrected chi connectivity index (χ4v) is 4.38. The minimum Gasteiger partial charge on any atom is -0.343 e. The molecule has 3 aliphatic heterocycles. The maximum atomic E-state index is 13.0. The van der Waals surface area contributed by atoms with Crippen molar-refractivity contribution in [1.29, 1.82) is 0 Å². The maximum Gasteiger partial charge on any atom is 0.254 e. The van der Waals surface area contributed by atoms with Gasteiger partial charge in [-0.25, -0.2) is 4.99 Å². The lowest BCUT2D eigenvalue weighted by Crippen LogP contribution is -2.54. The van der Waals surface area contributed by atoms with E-state index in [2.05, 4.69) is 36.0 Å². The third-order valence-electron chi connectivity index (χ3n) is 6.24. The van der Waals surface area contributed by atoms with E-state index in [1.54, 1.807) is 0 Å². The first-order valence-electron chi connectivity index (χ1n) is 10.2. The molecule has 146 valence electrons. The number of amides is 2. The number of likely N-dealkylation sites (N-methyl/N-ethyl adjacent to an activating group) is 1. The summed E-state index contributed by atoms with van der Waals surface area (Å²) in [5.41, 5.74) is -0.677. The van der Waals surface area contributed by atoms with Crippen molar-refractivity contribution in [3.63, 3.8) is 0 Å². The molecule has 2 saturated heterocycles. The Labute approximate surface area is 156 Å². The molecule has 0 aliphatic carbocycles. The molecule has 0 aromatic carbocycles. The normalized spacial score (nSPS) is 26.4. The Hall–Kier alpha value is -1.63. The molecule has 3 heterocycles. The lowest BCUT2D eigenvalue weighted by Gasteiger charge is -2.38. The van der Waals surface area contributed by atoms with Crippen LogP contribution in [-0.2, 0) is 9.59 Å². The molecule has 26 heavy (non-hydrogen) atoms. The summed E-state index contributed by atoms with van der Waals surface area (Å²) in [4.78, 5) is 36.6. The van der Waals surface area contributed by atoms with E-state index in [1.807, 2.05) is 4.90 Å². The molecule has 7 nitrogen and oxygen atoms in total. The van der Waals surface area contributed by atoms with Crippen LogP contribution >= 0.6 is 0 Å². The molecule has 0 bridgehead atoms. The van der Waals surface area contributed by atoms with Crippen molar-refractivity contribution in [1.82, 2.24) is 20.0 Å². The van der Waals surface area contributed by atoms with Crippen LogP contribution in [-0.4, -0.2) is 83.8 Å². The zero-order valence-electron chi connectivity index (χ0n) is 16.5. The van der Waals surface area contributed by atoms with Gasteiger partial charge in [0.15, 0.2) is 0 Å². The van der Waals surface area contributed by atoms with Crippen molar-refractivity contribution < 1.29 is 9.59 Å². The first-order chi connectivity index (χ1) is 12.5. The van der Waals surface area contributed by atoms with Crippen LogP contribution in [0.2, 0.25) is 0 Å². The van der Waals surface area contributed by atoms with E-state index < -0.39 is 5.54 Å². The zero-order valence-corrected chi connectivity index (χ0v) is 16.5. The van der Waals surface area contributed by atoms with Crippen molar-refractivity contribution in [3.8, 4) is 0 Å². The van der Waals surface area contributed by atoms with Gasteiger partial charge in [-0.15, -0.1) is 0 Å². The monoisotopic (exact) mass is 363 g/mol. The Morgan fingerprint density at radius 1 is 1.19 bits per heavy atom. The fraction of sp³-hybridized carbons (Fsp3) is 0.842. The van der Waals surface area contributed by atoms with Crippen molar-refractivity contribution >= 4 is 17.8 Å². The van der Waals surface area contributed by atoms with Crippen LogP contribution < -0.4 is 5.32 Å². The molecule has 1 spiro atoms. The van der Waals surface area contributed by atoms with Crippen molar-refractivity contribution in [2.75, 3.05) is 39.8 Å². The Morgan fingerprint density at radius 2 is 1.88 bits per heavy atom. The first-order valence-corrected chi connectivity index (χ1v) is 10.2. The summed E-state index contributed by atoms with van der Waals surface area (Å²) >= 11 is 0. The standard InChI is InChI=1S/C19H33N5O2/c1-4-23(5-2)18-20-17(26)19(21-18)10-13-24(14-11-19)16(25)15-9-7-6-8-12-22(15)3/h15H,4-14H2,1-3H3,(H,20,21,26). The summed E-state index contributed by atoms with van der Waals surface area (Å²) in [6.45, 7) is 8.00. The molecule has 3 rings (SSSR count). The van der Waals surface area contributed by atoms with E-state index in [9.17, 15) is 9.59 Å². The van der Waals surface area contributed by atoms with Crippen molar-refractivity contribution in [2.45, 2.75) is 64.0 Å². The van der Waals surface area contributed by atoms with Crippen molar-refractivity contribution in [2.24, 2.45) is 4.99 Å². The van der Waals surface area contributed by atoms with Crippen LogP contribution in [0.15, 0.2) is 4.99 Å². The molecule has 1 N–H and O–H groups in total. The van der Waals surface area contributed by atoms with Gasteiger partial charge in [0.1, 0.15) is 5.54 Å². The highest BCUT2D eigenvalue weighted by Gasteiger charge is 2.47. The minimum atomic E-state index is -0.677.